The normalized spacial score (nSPS) is 8.12. The lowest BCUT2D eigenvalue weighted by molar-refractivity contribution is -0.696. The van der Waals surface area contributed by atoms with E-state index in [4.69, 9.17) is 4.42 Å². The quantitative estimate of drug-likeness (QED) is 0.384. The van der Waals surface area contributed by atoms with E-state index in [-0.39, 0.29) is 24.0 Å². The van der Waals surface area contributed by atoms with Crippen molar-refractivity contribution in [3.63, 3.8) is 0 Å². The number of halogens is 1. The van der Waals surface area contributed by atoms with Gasteiger partial charge in [-0.1, -0.05) is 0 Å². The highest BCUT2D eigenvalue weighted by molar-refractivity contribution is 4.45. The molecule has 0 aliphatic heterocycles. The van der Waals surface area contributed by atoms with Crippen LogP contribution >= 0.6 is 0 Å². The van der Waals surface area contributed by atoms with Gasteiger partial charge >= 0.3 is 6.39 Å². The largest absolute Gasteiger partial charge is 1.00 e. The van der Waals surface area contributed by atoms with Gasteiger partial charge in [0.2, 0.25) is 6.20 Å². The minimum Gasteiger partial charge on any atom is -1.00 e. The molecular formula is C5H8INO. The molecular weight excluding hydrogens is 217 g/mol. The van der Waals surface area contributed by atoms with E-state index in [9.17, 15) is 0 Å². The van der Waals surface area contributed by atoms with Gasteiger partial charge in [0.05, 0.1) is 0 Å². The molecule has 1 aromatic heterocycles. The Bertz CT molecular complexity index is 127. The second-order valence-corrected chi connectivity index (χ2v) is 1.36. The van der Waals surface area contributed by atoms with Crippen molar-refractivity contribution < 1.29 is 33.0 Å². The number of hydrogen-bond donors (Lipinski definition) is 0. The van der Waals surface area contributed by atoms with Crippen LogP contribution in [0, 0.1) is 0 Å². The van der Waals surface area contributed by atoms with Gasteiger partial charge in [-0.25, -0.2) is 0 Å². The summed E-state index contributed by atoms with van der Waals surface area (Å²) in [7, 11) is 0. The van der Waals surface area contributed by atoms with Gasteiger partial charge in [0, 0.05) is 0 Å². The first kappa shape index (κ1) is 7.94. The molecule has 0 radical (unpaired) electrons. The molecule has 0 aliphatic rings. The van der Waals surface area contributed by atoms with E-state index in [1.807, 2.05) is 10.8 Å². The molecule has 0 fully saturated rings. The van der Waals surface area contributed by atoms with Crippen molar-refractivity contribution in [2.24, 2.45) is 0 Å². The maximum Gasteiger partial charge on any atom is 0.334 e. The molecule has 1 aromatic rings. The van der Waals surface area contributed by atoms with Gasteiger partial charge in [-0.2, -0.15) is 4.57 Å². The summed E-state index contributed by atoms with van der Waals surface area (Å²) in [5.74, 6) is 0. The molecule has 2 nitrogen and oxygen atoms in total. The zero-order chi connectivity index (χ0) is 5.11. The van der Waals surface area contributed by atoms with Crippen LogP contribution in [0.1, 0.15) is 6.92 Å². The Hall–Kier alpha value is -0.0600. The number of hydrogen-bond acceptors (Lipinski definition) is 1. The van der Waals surface area contributed by atoms with Crippen LogP contribution in [0.15, 0.2) is 23.3 Å². The van der Waals surface area contributed by atoms with E-state index < -0.39 is 0 Å². The summed E-state index contributed by atoms with van der Waals surface area (Å²) in [6, 6.07) is 0. The van der Waals surface area contributed by atoms with Crippen LogP contribution in [0.5, 0.6) is 0 Å². The standard InChI is InChI=1S/C5H8NO.HI/c1-2-6-3-4-7-5-6;/h3-5H,2H2,1H3;1H/q+1;/p-1. The summed E-state index contributed by atoms with van der Waals surface area (Å²) in [6.07, 6.45) is 5.23. The van der Waals surface area contributed by atoms with Crippen molar-refractivity contribution >= 4 is 0 Å². The minimum absolute atomic E-state index is 0. The lowest BCUT2D eigenvalue weighted by Gasteiger charge is -1.72. The summed E-state index contributed by atoms with van der Waals surface area (Å²) in [6.45, 7) is 3.05. The SMILES string of the molecule is CC[n+]1ccoc1.[I-]. The molecule has 0 aromatic carbocycles. The Morgan fingerprint density at radius 2 is 2.38 bits per heavy atom. The molecule has 1 heterocycles. The lowest BCUT2D eigenvalue weighted by Crippen LogP contribution is -3.00. The number of rotatable bonds is 1. The fourth-order valence-corrected chi connectivity index (χ4v) is 0.442. The second-order valence-electron chi connectivity index (χ2n) is 1.36. The molecule has 3 heteroatoms. The molecule has 0 amide bonds. The van der Waals surface area contributed by atoms with Crippen molar-refractivity contribution in [2.75, 3.05) is 0 Å². The highest BCUT2D eigenvalue weighted by Crippen LogP contribution is 1.73. The second kappa shape index (κ2) is 3.88. The zero-order valence-corrected chi connectivity index (χ0v) is 6.83. The average molecular weight is 225 g/mol. The van der Waals surface area contributed by atoms with Crippen molar-refractivity contribution in [2.45, 2.75) is 13.5 Å². The number of aryl methyl sites for hydroxylation is 1. The molecule has 0 unspecified atom stereocenters. The third-order valence-electron chi connectivity index (χ3n) is 0.892. The number of nitrogens with zero attached hydrogens (tertiary/aromatic N) is 1. The zero-order valence-electron chi connectivity index (χ0n) is 4.67. The fraction of sp³-hybridized carbons (Fsp3) is 0.400. The van der Waals surface area contributed by atoms with Gasteiger partial charge in [-0.3, -0.25) is 0 Å². The fourth-order valence-electron chi connectivity index (χ4n) is 0.442. The molecule has 0 saturated carbocycles. The summed E-state index contributed by atoms with van der Waals surface area (Å²) in [5, 5.41) is 0. The van der Waals surface area contributed by atoms with E-state index in [1.54, 1.807) is 12.7 Å². The van der Waals surface area contributed by atoms with E-state index >= 15 is 0 Å². The lowest BCUT2D eigenvalue weighted by atomic mass is 10.7. The van der Waals surface area contributed by atoms with Gasteiger partial charge in [-0.15, -0.1) is 0 Å². The van der Waals surface area contributed by atoms with E-state index in [1.165, 1.54) is 0 Å². The molecule has 0 atom stereocenters. The highest BCUT2D eigenvalue weighted by Gasteiger charge is 1.90. The predicted molar refractivity (Wildman–Crippen MR) is 24.6 cm³/mol. The van der Waals surface area contributed by atoms with Crippen LogP contribution in [0.2, 0.25) is 0 Å². The molecule has 1 rings (SSSR count). The Morgan fingerprint density at radius 3 is 2.62 bits per heavy atom. The number of oxazole rings is 1. The average Bonchev–Trinajstić information content (AvgIpc) is 2.14. The minimum atomic E-state index is 0. The molecule has 0 aliphatic carbocycles. The third kappa shape index (κ3) is 1.81. The van der Waals surface area contributed by atoms with Gasteiger partial charge in [-0.05, 0) is 6.92 Å². The molecule has 0 bridgehead atoms. The maximum atomic E-state index is 4.77. The van der Waals surface area contributed by atoms with Crippen molar-refractivity contribution in [1.29, 1.82) is 0 Å². The van der Waals surface area contributed by atoms with E-state index in [0.29, 0.717) is 0 Å². The van der Waals surface area contributed by atoms with Crippen LogP contribution in [-0.2, 0) is 6.54 Å². The molecule has 0 N–H and O–H groups in total. The highest BCUT2D eigenvalue weighted by atomic mass is 127. The molecule has 8 heavy (non-hydrogen) atoms. The smallest absolute Gasteiger partial charge is 0.334 e. The van der Waals surface area contributed by atoms with E-state index in [2.05, 4.69) is 6.92 Å². The van der Waals surface area contributed by atoms with Gasteiger partial charge in [0.1, 0.15) is 6.54 Å². The first-order valence-electron chi connectivity index (χ1n) is 2.34. The van der Waals surface area contributed by atoms with Crippen LogP contribution in [0.3, 0.4) is 0 Å². The van der Waals surface area contributed by atoms with Crippen LogP contribution in [0.25, 0.3) is 0 Å². The predicted octanol–water partition coefficient (Wildman–Crippen LogP) is -2.41. The maximum absolute atomic E-state index is 4.77. The van der Waals surface area contributed by atoms with Crippen LogP contribution in [-0.4, -0.2) is 0 Å². The van der Waals surface area contributed by atoms with E-state index in [0.717, 1.165) is 6.54 Å². The van der Waals surface area contributed by atoms with Gasteiger partial charge in [0.25, 0.3) is 0 Å². The van der Waals surface area contributed by atoms with Gasteiger partial charge in [0.15, 0.2) is 6.26 Å². The summed E-state index contributed by atoms with van der Waals surface area (Å²) >= 11 is 0. The Kier molecular flexibility index (Phi) is 3.85. The first-order valence-corrected chi connectivity index (χ1v) is 2.34. The van der Waals surface area contributed by atoms with Crippen molar-refractivity contribution in [3.8, 4) is 0 Å². The molecule has 46 valence electrons. The monoisotopic (exact) mass is 225 g/mol. The topological polar surface area (TPSA) is 17.0 Å². The first-order chi connectivity index (χ1) is 3.43. The van der Waals surface area contributed by atoms with Gasteiger partial charge < -0.3 is 28.4 Å². The summed E-state index contributed by atoms with van der Waals surface area (Å²) in [4.78, 5) is 0. The third-order valence-corrected chi connectivity index (χ3v) is 0.892. The number of aromatic nitrogens is 1. The molecule has 0 saturated heterocycles. The van der Waals surface area contributed by atoms with Crippen molar-refractivity contribution in [3.05, 3.63) is 18.9 Å². The van der Waals surface area contributed by atoms with Crippen LogP contribution in [0.4, 0.5) is 0 Å². The Labute approximate surface area is 65.5 Å². The Morgan fingerprint density at radius 1 is 1.62 bits per heavy atom. The van der Waals surface area contributed by atoms with Crippen LogP contribution < -0.4 is 28.5 Å². The molecule has 0 spiro atoms. The summed E-state index contributed by atoms with van der Waals surface area (Å²) < 4.78 is 6.73. The Balaban J connectivity index is 0.000000490. The van der Waals surface area contributed by atoms with Crippen molar-refractivity contribution in [1.82, 2.24) is 0 Å². The summed E-state index contributed by atoms with van der Waals surface area (Å²) in [5.41, 5.74) is 0.